The molecule has 3 aromatic rings. The molecule has 3 rings (SSSR count). The molecule has 0 saturated carbocycles. The smallest absolute Gasteiger partial charge is 0.228 e. The highest BCUT2D eigenvalue weighted by Gasteiger charge is 2.20. The Bertz CT molecular complexity index is 1000. The van der Waals surface area contributed by atoms with Crippen LogP contribution in [0.15, 0.2) is 42.7 Å². The van der Waals surface area contributed by atoms with Gasteiger partial charge >= 0.3 is 0 Å². The van der Waals surface area contributed by atoms with Crippen LogP contribution in [0.3, 0.4) is 0 Å². The highest BCUT2D eigenvalue weighted by molar-refractivity contribution is 7.12. The molecular weight excluding hydrogens is 428 g/mol. The lowest BCUT2D eigenvalue weighted by molar-refractivity contribution is -0.131. The summed E-state index contributed by atoms with van der Waals surface area (Å²) in [6, 6.07) is 10.3. The van der Waals surface area contributed by atoms with Crippen molar-refractivity contribution in [1.29, 1.82) is 0 Å². The van der Waals surface area contributed by atoms with Gasteiger partial charge in [-0.2, -0.15) is 0 Å². The van der Waals surface area contributed by atoms with E-state index in [2.05, 4.69) is 41.9 Å². The minimum absolute atomic E-state index is 0. The Morgan fingerprint density at radius 2 is 1.84 bits per heavy atom. The predicted molar refractivity (Wildman–Crippen MR) is 131 cm³/mol. The number of aryl methyl sites for hydroxylation is 3. The summed E-state index contributed by atoms with van der Waals surface area (Å²) in [5.74, 6) is 0.120. The number of rotatable bonds is 8. The second-order valence-electron chi connectivity index (χ2n) is 7.96. The van der Waals surface area contributed by atoms with Crippen LogP contribution in [-0.2, 0) is 17.8 Å². The van der Waals surface area contributed by atoms with E-state index in [4.69, 9.17) is 4.98 Å². The van der Waals surface area contributed by atoms with Gasteiger partial charge in [-0.05, 0) is 63.7 Å². The number of nitrogens with zero attached hydrogens (tertiary/aromatic N) is 4. The SMILES string of the molecule is Cc1nc(-c2ccc(C)c(C)c2)c(CC(=O)N(CCN(C)C)Cc2cccnc2)s1.Cl. The highest BCUT2D eigenvalue weighted by atomic mass is 35.5. The number of amides is 1. The van der Waals surface area contributed by atoms with Crippen LogP contribution in [0.1, 0.15) is 26.6 Å². The molecule has 0 saturated heterocycles. The Balaban J connectivity index is 0.00000341. The van der Waals surface area contributed by atoms with Gasteiger partial charge in [0.2, 0.25) is 5.91 Å². The first-order chi connectivity index (χ1) is 14.3. The van der Waals surface area contributed by atoms with Crippen molar-refractivity contribution >= 4 is 29.7 Å². The quantitative estimate of drug-likeness (QED) is 0.491. The fourth-order valence-corrected chi connectivity index (χ4v) is 4.23. The highest BCUT2D eigenvalue weighted by Crippen LogP contribution is 2.30. The summed E-state index contributed by atoms with van der Waals surface area (Å²) < 4.78 is 0. The van der Waals surface area contributed by atoms with Crippen molar-refractivity contribution < 1.29 is 4.79 Å². The van der Waals surface area contributed by atoms with Gasteiger partial charge < -0.3 is 9.80 Å². The molecule has 1 amide bonds. The number of aromatic nitrogens is 2. The molecule has 166 valence electrons. The van der Waals surface area contributed by atoms with Gasteiger partial charge in [0.15, 0.2) is 0 Å². The Morgan fingerprint density at radius 3 is 2.48 bits per heavy atom. The molecule has 0 atom stereocenters. The lowest BCUT2D eigenvalue weighted by Crippen LogP contribution is -2.37. The molecule has 2 heterocycles. The van der Waals surface area contributed by atoms with Gasteiger partial charge in [0.05, 0.1) is 17.1 Å². The van der Waals surface area contributed by atoms with Crippen LogP contribution in [0.5, 0.6) is 0 Å². The molecule has 7 heteroatoms. The number of hydrogen-bond donors (Lipinski definition) is 0. The van der Waals surface area contributed by atoms with Gasteiger partial charge in [-0.3, -0.25) is 9.78 Å². The summed E-state index contributed by atoms with van der Waals surface area (Å²) >= 11 is 1.61. The van der Waals surface area contributed by atoms with Crippen LogP contribution in [0.25, 0.3) is 11.3 Å². The van der Waals surface area contributed by atoms with E-state index in [1.165, 1.54) is 11.1 Å². The van der Waals surface area contributed by atoms with Crippen LogP contribution >= 0.6 is 23.7 Å². The summed E-state index contributed by atoms with van der Waals surface area (Å²) in [5, 5.41) is 0.984. The third-order valence-corrected chi connectivity index (χ3v) is 6.13. The third kappa shape index (κ3) is 6.86. The zero-order valence-corrected chi connectivity index (χ0v) is 20.5. The minimum atomic E-state index is 0. The number of carbonyl (C=O) groups is 1. The molecule has 0 radical (unpaired) electrons. The van der Waals surface area contributed by atoms with Gasteiger partial charge in [0, 0.05) is 42.5 Å². The average Bonchev–Trinajstić information content (AvgIpc) is 3.07. The van der Waals surface area contributed by atoms with E-state index in [1.54, 1.807) is 17.5 Å². The van der Waals surface area contributed by atoms with Crippen molar-refractivity contribution in [1.82, 2.24) is 19.8 Å². The number of likely N-dealkylation sites (N-methyl/N-ethyl adjacent to an activating group) is 1. The minimum Gasteiger partial charge on any atom is -0.337 e. The zero-order valence-electron chi connectivity index (χ0n) is 18.9. The number of benzene rings is 1. The van der Waals surface area contributed by atoms with Crippen molar-refractivity contribution in [3.8, 4) is 11.3 Å². The van der Waals surface area contributed by atoms with E-state index in [1.807, 2.05) is 44.2 Å². The monoisotopic (exact) mass is 458 g/mol. The lowest BCUT2D eigenvalue weighted by Gasteiger charge is -2.24. The molecule has 2 aromatic heterocycles. The summed E-state index contributed by atoms with van der Waals surface area (Å²) in [6.45, 7) is 8.28. The first-order valence-corrected chi connectivity index (χ1v) is 11.0. The maximum Gasteiger partial charge on any atom is 0.228 e. The van der Waals surface area contributed by atoms with Crippen LogP contribution in [0, 0.1) is 20.8 Å². The number of thiazole rings is 1. The van der Waals surface area contributed by atoms with E-state index in [9.17, 15) is 4.79 Å². The predicted octanol–water partition coefficient (Wildman–Crippen LogP) is 4.69. The fourth-order valence-electron chi connectivity index (χ4n) is 3.28. The Labute approximate surface area is 195 Å². The van der Waals surface area contributed by atoms with Crippen LogP contribution < -0.4 is 0 Å². The van der Waals surface area contributed by atoms with E-state index >= 15 is 0 Å². The van der Waals surface area contributed by atoms with Gasteiger partial charge in [-0.15, -0.1) is 23.7 Å². The molecule has 31 heavy (non-hydrogen) atoms. The molecule has 0 bridgehead atoms. The maximum absolute atomic E-state index is 13.3. The lowest BCUT2D eigenvalue weighted by atomic mass is 10.0. The molecule has 0 aliphatic carbocycles. The van der Waals surface area contributed by atoms with Crippen molar-refractivity contribution in [3.63, 3.8) is 0 Å². The second kappa shape index (κ2) is 11.4. The number of hydrogen-bond acceptors (Lipinski definition) is 5. The molecule has 0 spiro atoms. The van der Waals surface area contributed by atoms with E-state index in [0.717, 1.165) is 33.3 Å². The van der Waals surface area contributed by atoms with Crippen molar-refractivity contribution in [2.75, 3.05) is 27.2 Å². The molecule has 0 aliphatic heterocycles. The molecular formula is C24H31ClN4OS. The maximum atomic E-state index is 13.3. The first-order valence-electron chi connectivity index (χ1n) is 10.2. The summed E-state index contributed by atoms with van der Waals surface area (Å²) in [4.78, 5) is 27.3. The normalized spacial score (nSPS) is 10.8. The number of halogens is 1. The largest absolute Gasteiger partial charge is 0.337 e. The summed E-state index contributed by atoms with van der Waals surface area (Å²) in [7, 11) is 4.05. The molecule has 0 aliphatic rings. The average molecular weight is 459 g/mol. The Kier molecular flexibility index (Phi) is 9.16. The molecule has 0 N–H and O–H groups in total. The van der Waals surface area contributed by atoms with E-state index in [-0.39, 0.29) is 18.3 Å². The number of carbonyl (C=O) groups excluding carboxylic acids is 1. The van der Waals surface area contributed by atoms with Gasteiger partial charge in [-0.1, -0.05) is 18.2 Å². The first kappa shape index (κ1) is 25.0. The standard InChI is InChI=1S/C24H30N4OS.ClH/c1-17-8-9-21(13-18(17)2)24-22(30-19(3)26-24)14-23(29)28(12-11-27(4)5)16-20-7-6-10-25-15-20;/h6-10,13,15H,11-12,14,16H2,1-5H3;1H. The summed E-state index contributed by atoms with van der Waals surface area (Å²) in [6.07, 6.45) is 3.94. The van der Waals surface area contributed by atoms with Gasteiger partial charge in [0.25, 0.3) is 0 Å². The molecule has 1 aromatic carbocycles. The van der Waals surface area contributed by atoms with Crippen molar-refractivity contribution in [3.05, 3.63) is 69.3 Å². The van der Waals surface area contributed by atoms with Crippen molar-refractivity contribution in [2.24, 2.45) is 0 Å². The Morgan fingerprint density at radius 1 is 1.06 bits per heavy atom. The van der Waals surface area contributed by atoms with Gasteiger partial charge in [-0.25, -0.2) is 4.98 Å². The summed E-state index contributed by atoms with van der Waals surface area (Å²) in [5.41, 5.74) is 5.55. The molecule has 5 nitrogen and oxygen atoms in total. The molecule has 0 fully saturated rings. The van der Waals surface area contributed by atoms with Crippen molar-refractivity contribution in [2.45, 2.75) is 33.7 Å². The second-order valence-corrected chi connectivity index (χ2v) is 9.25. The third-order valence-electron chi connectivity index (χ3n) is 5.16. The van der Waals surface area contributed by atoms with E-state index < -0.39 is 0 Å². The van der Waals surface area contributed by atoms with E-state index in [0.29, 0.717) is 19.5 Å². The number of pyridine rings is 1. The topological polar surface area (TPSA) is 49.3 Å². The fraction of sp³-hybridized carbons (Fsp3) is 0.375. The molecule has 0 unspecified atom stereocenters. The van der Waals surface area contributed by atoms with Gasteiger partial charge in [0.1, 0.15) is 0 Å². The Hall–Kier alpha value is -2.28. The van der Waals surface area contributed by atoms with Crippen LogP contribution in [-0.4, -0.2) is 52.9 Å². The van der Waals surface area contributed by atoms with Crippen LogP contribution in [0.2, 0.25) is 0 Å². The zero-order chi connectivity index (χ0) is 21.7. The van der Waals surface area contributed by atoms with Crippen LogP contribution in [0.4, 0.5) is 0 Å².